The minimum absolute atomic E-state index is 0.0632. The Labute approximate surface area is 128 Å². The molecule has 0 spiro atoms. The van der Waals surface area contributed by atoms with Crippen LogP contribution >= 0.6 is 11.3 Å². The Bertz CT molecular complexity index is 695. The summed E-state index contributed by atoms with van der Waals surface area (Å²) in [6, 6.07) is 6.54. The zero-order valence-corrected chi connectivity index (χ0v) is 12.3. The molecule has 1 heterocycles. The molecule has 0 unspecified atom stereocenters. The summed E-state index contributed by atoms with van der Waals surface area (Å²) in [6.07, 6.45) is -4.42. The van der Waals surface area contributed by atoms with E-state index in [-0.39, 0.29) is 11.4 Å². The van der Waals surface area contributed by atoms with Gasteiger partial charge in [0.2, 0.25) is 0 Å². The first-order valence-electron chi connectivity index (χ1n) is 6.24. The average Bonchev–Trinajstić information content (AvgIpc) is 2.87. The number of thiazole rings is 1. The maximum atomic E-state index is 12.6. The zero-order chi connectivity index (χ0) is 16.5. The number of carboxylic acids is 1. The molecule has 2 rings (SSSR count). The highest BCUT2D eigenvalue weighted by Crippen LogP contribution is 2.33. The Morgan fingerprint density at radius 3 is 2.64 bits per heavy atom. The molecule has 0 radical (unpaired) electrons. The first kappa shape index (κ1) is 16.4. The number of nitrogens with zero attached hydrogens (tertiary/aromatic N) is 1. The number of aromatic nitrogens is 1. The maximum absolute atomic E-state index is 12.6. The van der Waals surface area contributed by atoms with E-state index in [2.05, 4.69) is 4.98 Å². The molecule has 0 bridgehead atoms. The lowest BCUT2D eigenvalue weighted by Gasteiger charge is -2.19. The van der Waals surface area contributed by atoms with Crippen LogP contribution < -0.4 is 5.73 Å². The molecule has 0 amide bonds. The van der Waals surface area contributed by atoms with Crippen LogP contribution in [0.2, 0.25) is 0 Å². The number of hydrogen-bond donors (Lipinski definition) is 2. The van der Waals surface area contributed by atoms with Gasteiger partial charge >= 0.3 is 12.1 Å². The lowest BCUT2D eigenvalue weighted by atomic mass is 9.93. The Morgan fingerprint density at radius 1 is 1.41 bits per heavy atom. The van der Waals surface area contributed by atoms with Crippen LogP contribution in [0.15, 0.2) is 29.6 Å². The van der Waals surface area contributed by atoms with E-state index < -0.39 is 23.4 Å². The molecule has 1 aromatic carbocycles. The van der Waals surface area contributed by atoms with Crippen LogP contribution in [0, 0.1) is 0 Å². The molecule has 8 heteroatoms. The van der Waals surface area contributed by atoms with E-state index >= 15 is 0 Å². The van der Waals surface area contributed by atoms with Crippen molar-refractivity contribution in [3.63, 3.8) is 0 Å². The van der Waals surface area contributed by atoms with Crippen molar-refractivity contribution in [2.75, 3.05) is 0 Å². The minimum Gasteiger partial charge on any atom is -0.480 e. The van der Waals surface area contributed by atoms with Crippen molar-refractivity contribution in [2.45, 2.75) is 25.1 Å². The maximum Gasteiger partial charge on any atom is 0.434 e. The van der Waals surface area contributed by atoms with E-state index in [1.54, 1.807) is 24.3 Å². The van der Waals surface area contributed by atoms with Crippen LogP contribution in [0.4, 0.5) is 13.2 Å². The molecule has 0 aliphatic rings. The van der Waals surface area contributed by atoms with Crippen molar-refractivity contribution in [3.05, 3.63) is 40.9 Å². The third-order valence-electron chi connectivity index (χ3n) is 3.03. The predicted molar refractivity (Wildman–Crippen MR) is 76.5 cm³/mol. The van der Waals surface area contributed by atoms with E-state index in [4.69, 9.17) is 10.8 Å². The summed E-state index contributed by atoms with van der Waals surface area (Å²) in [4.78, 5) is 14.6. The topological polar surface area (TPSA) is 76.2 Å². The fourth-order valence-electron chi connectivity index (χ4n) is 1.85. The number of hydrogen-bond acceptors (Lipinski definition) is 4. The summed E-state index contributed by atoms with van der Waals surface area (Å²) in [6.45, 7) is 1.38. The number of carboxylic acid groups (broad SMARTS) is 1. The summed E-state index contributed by atoms with van der Waals surface area (Å²) in [5, 5.41) is 10.2. The first-order valence-corrected chi connectivity index (χ1v) is 7.12. The molecule has 3 N–H and O–H groups in total. The Kier molecular flexibility index (Phi) is 4.25. The van der Waals surface area contributed by atoms with Gasteiger partial charge in [-0.1, -0.05) is 18.2 Å². The van der Waals surface area contributed by atoms with Gasteiger partial charge in [-0.2, -0.15) is 13.2 Å². The number of halogens is 3. The molecule has 118 valence electrons. The van der Waals surface area contributed by atoms with Gasteiger partial charge in [0.05, 0.1) is 0 Å². The van der Waals surface area contributed by atoms with Gasteiger partial charge in [0.15, 0.2) is 5.69 Å². The van der Waals surface area contributed by atoms with Gasteiger partial charge in [-0.15, -0.1) is 11.3 Å². The fraction of sp³-hybridized carbons (Fsp3) is 0.286. The largest absolute Gasteiger partial charge is 0.480 e. The number of alkyl halides is 3. The molecule has 22 heavy (non-hydrogen) atoms. The standard InChI is InChI=1S/C14H13F3N2O2S/c1-13(18,12(20)21)6-8-3-2-4-9(5-8)11-19-10(7-22-11)14(15,16)17/h2-5,7H,6,18H2,1H3,(H,20,21)/t13-/m0/s1. The predicted octanol–water partition coefficient (Wildman–Crippen LogP) is 3.17. The quantitative estimate of drug-likeness (QED) is 0.903. The molecule has 2 aromatic rings. The van der Waals surface area contributed by atoms with Crippen molar-refractivity contribution >= 4 is 17.3 Å². The molecule has 0 saturated heterocycles. The highest BCUT2D eigenvalue weighted by molar-refractivity contribution is 7.13. The van der Waals surface area contributed by atoms with Crippen LogP contribution in [-0.4, -0.2) is 21.6 Å². The minimum atomic E-state index is -4.48. The second-order valence-corrected chi connectivity index (χ2v) is 5.99. The van der Waals surface area contributed by atoms with Gasteiger partial charge in [0, 0.05) is 17.4 Å². The SMILES string of the molecule is C[C@](N)(Cc1cccc(-c2nc(C(F)(F)F)cs2)c1)C(=O)O. The van der Waals surface area contributed by atoms with Gasteiger partial charge in [-0.25, -0.2) is 4.98 Å². The average molecular weight is 330 g/mol. The van der Waals surface area contributed by atoms with E-state index in [0.717, 1.165) is 16.7 Å². The molecule has 0 aliphatic heterocycles. The molecular weight excluding hydrogens is 317 g/mol. The van der Waals surface area contributed by atoms with Gasteiger partial charge in [0.25, 0.3) is 0 Å². The highest BCUT2D eigenvalue weighted by atomic mass is 32.1. The molecule has 1 aromatic heterocycles. The van der Waals surface area contributed by atoms with E-state index in [9.17, 15) is 18.0 Å². The smallest absolute Gasteiger partial charge is 0.434 e. The highest BCUT2D eigenvalue weighted by Gasteiger charge is 2.34. The van der Waals surface area contributed by atoms with Gasteiger partial charge in [-0.3, -0.25) is 4.79 Å². The van der Waals surface area contributed by atoms with E-state index in [0.29, 0.717) is 11.1 Å². The summed E-state index contributed by atoms with van der Waals surface area (Å²) in [5.74, 6) is -1.15. The Balaban J connectivity index is 2.29. The number of nitrogens with two attached hydrogens (primary N) is 1. The molecule has 4 nitrogen and oxygen atoms in total. The van der Waals surface area contributed by atoms with Crippen molar-refractivity contribution < 1.29 is 23.1 Å². The van der Waals surface area contributed by atoms with Gasteiger partial charge in [-0.05, 0) is 18.6 Å². The summed E-state index contributed by atoms with van der Waals surface area (Å²) >= 11 is 0.884. The van der Waals surface area contributed by atoms with Crippen LogP contribution in [0.1, 0.15) is 18.2 Å². The van der Waals surface area contributed by atoms with Crippen molar-refractivity contribution in [1.82, 2.24) is 4.98 Å². The lowest BCUT2D eigenvalue weighted by Crippen LogP contribution is -2.46. The van der Waals surface area contributed by atoms with E-state index in [1.165, 1.54) is 6.92 Å². The van der Waals surface area contributed by atoms with Crippen LogP contribution in [0.5, 0.6) is 0 Å². The normalized spacial score (nSPS) is 14.6. The molecule has 0 saturated carbocycles. The monoisotopic (exact) mass is 330 g/mol. The lowest BCUT2D eigenvalue weighted by molar-refractivity contribution is -0.142. The zero-order valence-electron chi connectivity index (χ0n) is 11.5. The molecular formula is C14H13F3N2O2S. The number of benzene rings is 1. The molecule has 0 aliphatic carbocycles. The third-order valence-corrected chi connectivity index (χ3v) is 3.92. The van der Waals surface area contributed by atoms with Crippen molar-refractivity contribution in [3.8, 4) is 10.6 Å². The van der Waals surface area contributed by atoms with Crippen LogP contribution in [0.3, 0.4) is 0 Å². The second kappa shape index (κ2) is 5.69. The number of rotatable bonds is 4. The summed E-state index contributed by atoms with van der Waals surface area (Å²) in [5.41, 5.74) is 4.41. The molecule has 1 atom stereocenters. The summed E-state index contributed by atoms with van der Waals surface area (Å²) < 4.78 is 37.7. The van der Waals surface area contributed by atoms with E-state index in [1.807, 2.05) is 0 Å². The van der Waals surface area contributed by atoms with Gasteiger partial charge in [0.1, 0.15) is 10.5 Å². The number of aliphatic carboxylic acids is 1. The molecule has 0 fully saturated rings. The fourth-order valence-corrected chi connectivity index (χ4v) is 2.67. The first-order chi connectivity index (χ1) is 10.1. The van der Waals surface area contributed by atoms with Crippen LogP contribution in [0.25, 0.3) is 10.6 Å². The summed E-state index contributed by atoms with van der Waals surface area (Å²) in [7, 11) is 0. The third kappa shape index (κ3) is 3.63. The second-order valence-electron chi connectivity index (χ2n) is 5.14. The Hall–Kier alpha value is -1.93. The van der Waals surface area contributed by atoms with Crippen molar-refractivity contribution in [2.24, 2.45) is 5.73 Å². The van der Waals surface area contributed by atoms with Gasteiger partial charge < -0.3 is 10.8 Å². The Morgan fingerprint density at radius 2 is 2.09 bits per heavy atom. The number of carbonyl (C=O) groups is 1. The van der Waals surface area contributed by atoms with Crippen LogP contribution in [-0.2, 0) is 17.4 Å². The van der Waals surface area contributed by atoms with Crippen molar-refractivity contribution in [1.29, 1.82) is 0 Å².